The maximum Gasteiger partial charge on any atom is 0.0646 e. The van der Waals surface area contributed by atoms with Crippen LogP contribution in [0.15, 0.2) is 35.6 Å². The molecule has 3 heteroatoms. The molecule has 2 aliphatic carbocycles. The van der Waals surface area contributed by atoms with Gasteiger partial charge < -0.3 is 0 Å². The number of rotatable bonds is 4. The van der Waals surface area contributed by atoms with Crippen LogP contribution >= 0.6 is 0 Å². The molecule has 2 aliphatic rings. The van der Waals surface area contributed by atoms with Crippen LogP contribution < -0.4 is 0 Å². The highest BCUT2D eigenvalue weighted by molar-refractivity contribution is 5.17. The second-order valence-electron chi connectivity index (χ2n) is 7.48. The Bertz CT molecular complexity index is 494. The van der Waals surface area contributed by atoms with Crippen molar-refractivity contribution in [2.75, 3.05) is 0 Å². The fraction of sp³-hybridized carbons (Fsp3) is 0.647. The van der Waals surface area contributed by atoms with Gasteiger partial charge in [-0.2, -0.15) is 0 Å². The van der Waals surface area contributed by atoms with E-state index in [-0.39, 0.29) is 16.9 Å². The molecule has 3 nitrogen and oxygen atoms in total. The van der Waals surface area contributed by atoms with Crippen molar-refractivity contribution in [2.45, 2.75) is 52.6 Å². The van der Waals surface area contributed by atoms with Crippen molar-refractivity contribution in [3.63, 3.8) is 0 Å². The smallest absolute Gasteiger partial charge is 0.0646 e. The molecule has 0 saturated heterocycles. The second kappa shape index (κ2) is 4.57. The van der Waals surface area contributed by atoms with Crippen molar-refractivity contribution in [3.05, 3.63) is 40.8 Å². The lowest BCUT2D eigenvalue weighted by atomic mass is 9.68. The average molecular weight is 272 g/mol. The third kappa shape index (κ3) is 1.95. The number of fused-ring (bicyclic) bond motifs is 2. The van der Waals surface area contributed by atoms with Gasteiger partial charge in [-0.05, 0) is 41.6 Å². The molecule has 0 unspecified atom stereocenters. The summed E-state index contributed by atoms with van der Waals surface area (Å²) < 4.78 is 0. The summed E-state index contributed by atoms with van der Waals surface area (Å²) in [6, 6.07) is 10.4. The summed E-state index contributed by atoms with van der Waals surface area (Å²) in [7, 11) is 0. The summed E-state index contributed by atoms with van der Waals surface area (Å²) in [4.78, 5) is 11.5. The summed E-state index contributed by atoms with van der Waals surface area (Å²) in [6.45, 7) is 7.60. The quantitative estimate of drug-likeness (QED) is 0.601. The minimum atomic E-state index is 0.176. The molecular weight excluding hydrogens is 248 g/mol. The van der Waals surface area contributed by atoms with Crippen LogP contribution in [0.5, 0.6) is 0 Å². The van der Waals surface area contributed by atoms with Crippen LogP contribution in [0, 0.1) is 21.7 Å². The Balaban J connectivity index is 1.87. The molecule has 0 radical (unpaired) electrons. The molecule has 0 N–H and O–H groups in total. The fourth-order valence-electron chi connectivity index (χ4n) is 4.96. The van der Waals surface area contributed by atoms with E-state index in [1.807, 2.05) is 23.2 Å². The molecule has 1 aromatic rings. The van der Waals surface area contributed by atoms with E-state index in [0.29, 0.717) is 6.54 Å². The van der Waals surface area contributed by atoms with Gasteiger partial charge in [0.05, 0.1) is 17.9 Å². The number of benzene rings is 1. The molecule has 0 amide bonds. The van der Waals surface area contributed by atoms with E-state index in [9.17, 15) is 4.91 Å². The van der Waals surface area contributed by atoms with E-state index < -0.39 is 0 Å². The fourth-order valence-corrected chi connectivity index (χ4v) is 4.96. The highest BCUT2D eigenvalue weighted by Gasteiger charge is 2.61. The maximum atomic E-state index is 11.5. The standard InChI is InChI=1S/C17H24N2O/c1-16(2)14-9-10-17(3,11-14)15(16)19(18-20)12-13-7-5-4-6-8-13/h4-8,14-15H,9-12H2,1-3H3/t14-,15+,17+/m0/s1. The van der Waals surface area contributed by atoms with Gasteiger partial charge in [-0.1, -0.05) is 51.1 Å². The van der Waals surface area contributed by atoms with Crippen molar-refractivity contribution < 1.29 is 0 Å². The number of nitrogens with zero attached hydrogens (tertiary/aromatic N) is 2. The lowest BCUT2D eigenvalue weighted by Crippen LogP contribution is -2.50. The molecule has 2 fully saturated rings. The summed E-state index contributed by atoms with van der Waals surface area (Å²) in [5, 5.41) is 5.22. The minimum Gasteiger partial charge on any atom is -0.252 e. The summed E-state index contributed by atoms with van der Waals surface area (Å²) in [5.74, 6) is 0.734. The molecule has 2 saturated carbocycles. The first-order chi connectivity index (χ1) is 9.47. The molecule has 3 atom stereocenters. The molecule has 2 bridgehead atoms. The summed E-state index contributed by atoms with van der Waals surface area (Å²) in [5.41, 5.74) is 1.58. The zero-order valence-corrected chi connectivity index (χ0v) is 12.7. The van der Waals surface area contributed by atoms with Crippen molar-refractivity contribution in [3.8, 4) is 0 Å². The van der Waals surface area contributed by atoms with Crippen molar-refractivity contribution in [1.82, 2.24) is 5.01 Å². The predicted molar refractivity (Wildman–Crippen MR) is 80.8 cm³/mol. The van der Waals surface area contributed by atoms with Gasteiger partial charge in [0.15, 0.2) is 0 Å². The largest absolute Gasteiger partial charge is 0.252 e. The zero-order valence-electron chi connectivity index (χ0n) is 12.7. The van der Waals surface area contributed by atoms with Crippen LogP contribution in [-0.4, -0.2) is 11.1 Å². The number of hydrogen-bond donors (Lipinski definition) is 0. The topological polar surface area (TPSA) is 32.7 Å². The molecule has 0 aliphatic heterocycles. The highest BCUT2D eigenvalue weighted by atomic mass is 16.3. The summed E-state index contributed by atoms with van der Waals surface area (Å²) >= 11 is 0. The SMILES string of the molecule is CC1(C)[C@H]2CC[C@](C)(C2)[C@@H]1N(Cc1ccccc1)N=O. The minimum absolute atomic E-state index is 0.176. The molecular formula is C17H24N2O. The van der Waals surface area contributed by atoms with Crippen LogP contribution in [-0.2, 0) is 6.54 Å². The van der Waals surface area contributed by atoms with Crippen LogP contribution in [0.4, 0.5) is 0 Å². The third-order valence-electron chi connectivity index (χ3n) is 5.78. The molecule has 0 spiro atoms. The Morgan fingerprint density at radius 2 is 1.95 bits per heavy atom. The lowest BCUT2D eigenvalue weighted by molar-refractivity contribution is -0.00147. The van der Waals surface area contributed by atoms with E-state index in [1.165, 1.54) is 19.3 Å². The molecule has 108 valence electrons. The van der Waals surface area contributed by atoms with Crippen LogP contribution in [0.2, 0.25) is 0 Å². The van der Waals surface area contributed by atoms with Crippen molar-refractivity contribution in [2.24, 2.45) is 22.0 Å². The van der Waals surface area contributed by atoms with Crippen LogP contribution in [0.3, 0.4) is 0 Å². The second-order valence-corrected chi connectivity index (χ2v) is 7.48. The summed E-state index contributed by atoms with van der Waals surface area (Å²) in [6.07, 6.45) is 3.77. The molecule has 3 rings (SSSR count). The maximum absolute atomic E-state index is 11.5. The average Bonchev–Trinajstić information content (AvgIpc) is 2.90. The number of nitroso groups, excluding NO2 is 1. The molecule has 0 aromatic heterocycles. The van der Waals surface area contributed by atoms with Gasteiger partial charge in [0.1, 0.15) is 0 Å². The highest BCUT2D eigenvalue weighted by Crippen LogP contribution is 2.64. The Kier molecular flexibility index (Phi) is 3.11. The van der Waals surface area contributed by atoms with E-state index in [2.05, 4.69) is 38.2 Å². The third-order valence-corrected chi connectivity index (χ3v) is 5.78. The Morgan fingerprint density at radius 1 is 1.25 bits per heavy atom. The first-order valence-electron chi connectivity index (χ1n) is 7.61. The predicted octanol–water partition coefficient (Wildman–Crippen LogP) is 4.38. The van der Waals surface area contributed by atoms with Gasteiger partial charge in [0, 0.05) is 0 Å². The van der Waals surface area contributed by atoms with Crippen LogP contribution in [0.25, 0.3) is 0 Å². The first kappa shape index (κ1) is 13.6. The molecule has 0 heterocycles. The lowest BCUT2D eigenvalue weighted by Gasteiger charge is -2.46. The number of hydrogen-bond acceptors (Lipinski definition) is 2. The van der Waals surface area contributed by atoms with E-state index >= 15 is 0 Å². The van der Waals surface area contributed by atoms with Gasteiger partial charge in [-0.25, -0.2) is 0 Å². The Morgan fingerprint density at radius 3 is 2.50 bits per heavy atom. The van der Waals surface area contributed by atoms with Gasteiger partial charge in [0.25, 0.3) is 0 Å². The van der Waals surface area contributed by atoms with Gasteiger partial charge in [0.2, 0.25) is 0 Å². The molecule has 20 heavy (non-hydrogen) atoms. The monoisotopic (exact) mass is 272 g/mol. The van der Waals surface area contributed by atoms with E-state index in [4.69, 9.17) is 0 Å². The van der Waals surface area contributed by atoms with Crippen molar-refractivity contribution in [1.29, 1.82) is 0 Å². The Labute approximate surface area is 121 Å². The zero-order chi connectivity index (χ0) is 14.4. The van der Waals surface area contributed by atoms with Gasteiger partial charge in [-0.3, -0.25) is 5.01 Å². The van der Waals surface area contributed by atoms with Crippen LogP contribution in [0.1, 0.15) is 45.6 Å². The van der Waals surface area contributed by atoms with Gasteiger partial charge in [-0.15, -0.1) is 4.91 Å². The normalized spacial score (nSPS) is 34.1. The van der Waals surface area contributed by atoms with E-state index in [1.54, 1.807) is 0 Å². The first-order valence-corrected chi connectivity index (χ1v) is 7.61. The van der Waals surface area contributed by atoms with Gasteiger partial charge >= 0.3 is 0 Å². The molecule has 1 aromatic carbocycles. The van der Waals surface area contributed by atoms with E-state index in [0.717, 1.165) is 11.5 Å². The van der Waals surface area contributed by atoms with Crippen molar-refractivity contribution >= 4 is 0 Å². The Hall–Kier alpha value is -1.38.